The lowest BCUT2D eigenvalue weighted by molar-refractivity contribution is -0.133. The number of fused-ring (bicyclic) bond motifs is 1. The summed E-state index contributed by atoms with van der Waals surface area (Å²) in [5.74, 6) is -1.11. The molecule has 7 heteroatoms. The van der Waals surface area contributed by atoms with E-state index in [0.29, 0.717) is 21.9 Å². The van der Waals surface area contributed by atoms with Crippen molar-refractivity contribution in [3.63, 3.8) is 0 Å². The molecular weight excluding hydrogens is 314 g/mol. The summed E-state index contributed by atoms with van der Waals surface area (Å²) in [6.45, 7) is 3.81. The topological polar surface area (TPSA) is 88.0 Å². The molecule has 0 aliphatic heterocycles. The van der Waals surface area contributed by atoms with Crippen molar-refractivity contribution >= 4 is 28.8 Å². The summed E-state index contributed by atoms with van der Waals surface area (Å²) < 4.78 is 1.45. The summed E-state index contributed by atoms with van der Waals surface area (Å²) in [6, 6.07) is 9.23. The highest BCUT2D eigenvalue weighted by molar-refractivity contribution is 7.99. The molecule has 0 aliphatic rings. The van der Waals surface area contributed by atoms with Crippen molar-refractivity contribution in [3.8, 4) is 5.69 Å². The highest BCUT2D eigenvalue weighted by atomic mass is 32.2. The van der Waals surface area contributed by atoms with E-state index >= 15 is 0 Å². The molecule has 2 aromatic heterocycles. The van der Waals surface area contributed by atoms with Crippen molar-refractivity contribution in [2.24, 2.45) is 0 Å². The second-order valence-corrected chi connectivity index (χ2v) is 6.21. The van der Waals surface area contributed by atoms with Crippen molar-refractivity contribution in [1.82, 2.24) is 14.5 Å². The monoisotopic (exact) mass is 329 g/mol. The molecule has 2 heterocycles. The SMILES string of the molecule is Cc1ccc(-n2c(SCC(=O)O)nc3cc(C)[nH]c3c2=O)cc1. The van der Waals surface area contributed by atoms with Crippen LogP contribution in [0.4, 0.5) is 0 Å². The molecule has 0 fully saturated rings. The van der Waals surface area contributed by atoms with Gasteiger partial charge in [0.25, 0.3) is 5.56 Å². The molecule has 0 amide bonds. The summed E-state index contributed by atoms with van der Waals surface area (Å²) in [7, 11) is 0. The summed E-state index contributed by atoms with van der Waals surface area (Å²) in [5.41, 5.74) is 3.30. The van der Waals surface area contributed by atoms with Gasteiger partial charge < -0.3 is 10.1 Å². The molecule has 0 bridgehead atoms. The maximum atomic E-state index is 12.8. The van der Waals surface area contributed by atoms with Gasteiger partial charge in [0.2, 0.25) is 0 Å². The number of benzene rings is 1. The van der Waals surface area contributed by atoms with Crippen LogP contribution in [0.5, 0.6) is 0 Å². The van der Waals surface area contributed by atoms with E-state index in [2.05, 4.69) is 9.97 Å². The molecule has 118 valence electrons. The van der Waals surface area contributed by atoms with Gasteiger partial charge in [0.15, 0.2) is 5.16 Å². The minimum absolute atomic E-state index is 0.160. The Bertz CT molecular complexity index is 942. The second-order valence-electron chi connectivity index (χ2n) is 5.27. The third kappa shape index (κ3) is 3.00. The predicted octanol–water partition coefficient (Wildman–Crippen LogP) is 2.51. The van der Waals surface area contributed by atoms with Crippen molar-refractivity contribution in [3.05, 3.63) is 51.9 Å². The number of nitrogens with one attached hydrogen (secondary N) is 1. The molecule has 23 heavy (non-hydrogen) atoms. The average molecular weight is 329 g/mol. The van der Waals surface area contributed by atoms with Crippen LogP contribution in [0.3, 0.4) is 0 Å². The number of carboxylic acid groups (broad SMARTS) is 1. The number of aromatic amines is 1. The first-order valence-corrected chi connectivity index (χ1v) is 7.98. The summed E-state index contributed by atoms with van der Waals surface area (Å²) >= 11 is 1.03. The number of rotatable bonds is 4. The number of carbonyl (C=O) groups is 1. The first kappa shape index (κ1) is 15.4. The summed E-state index contributed by atoms with van der Waals surface area (Å²) in [5, 5.41) is 9.29. The molecule has 0 spiro atoms. The van der Waals surface area contributed by atoms with Crippen molar-refractivity contribution in [2.75, 3.05) is 5.75 Å². The zero-order valence-electron chi connectivity index (χ0n) is 12.7. The van der Waals surface area contributed by atoms with Crippen LogP contribution < -0.4 is 5.56 Å². The van der Waals surface area contributed by atoms with Gasteiger partial charge in [0, 0.05) is 5.69 Å². The first-order chi connectivity index (χ1) is 11.0. The van der Waals surface area contributed by atoms with E-state index in [1.165, 1.54) is 4.57 Å². The van der Waals surface area contributed by atoms with Crippen molar-refractivity contribution in [1.29, 1.82) is 0 Å². The predicted molar refractivity (Wildman–Crippen MR) is 89.5 cm³/mol. The van der Waals surface area contributed by atoms with Crippen LogP contribution in [-0.4, -0.2) is 31.4 Å². The molecule has 2 N–H and O–H groups in total. The van der Waals surface area contributed by atoms with Gasteiger partial charge in [-0.3, -0.25) is 14.2 Å². The molecule has 0 aliphatic carbocycles. The van der Waals surface area contributed by atoms with E-state index in [9.17, 15) is 9.59 Å². The van der Waals surface area contributed by atoms with Crippen LogP contribution in [0.25, 0.3) is 16.7 Å². The van der Waals surface area contributed by atoms with Crippen LogP contribution in [0.15, 0.2) is 40.3 Å². The number of carboxylic acids is 1. The Morgan fingerprint density at radius 2 is 2.00 bits per heavy atom. The first-order valence-electron chi connectivity index (χ1n) is 6.99. The van der Waals surface area contributed by atoms with Gasteiger partial charge in [-0.15, -0.1) is 0 Å². The molecular formula is C16H15N3O3S. The van der Waals surface area contributed by atoms with Gasteiger partial charge in [-0.05, 0) is 32.0 Å². The van der Waals surface area contributed by atoms with Crippen LogP contribution in [-0.2, 0) is 4.79 Å². The number of H-pyrrole nitrogens is 1. The Hall–Kier alpha value is -2.54. The Kier molecular flexibility index (Phi) is 3.96. The lowest BCUT2D eigenvalue weighted by Crippen LogP contribution is -2.22. The fraction of sp³-hybridized carbons (Fsp3) is 0.188. The Labute approximate surface area is 136 Å². The van der Waals surface area contributed by atoms with E-state index in [1.54, 1.807) is 6.07 Å². The Morgan fingerprint density at radius 1 is 1.30 bits per heavy atom. The molecule has 0 saturated carbocycles. The molecule has 0 radical (unpaired) electrons. The van der Waals surface area contributed by atoms with Crippen molar-refractivity contribution in [2.45, 2.75) is 19.0 Å². The number of hydrogen-bond donors (Lipinski definition) is 2. The largest absolute Gasteiger partial charge is 0.481 e. The number of hydrogen-bond acceptors (Lipinski definition) is 4. The Balaban J connectivity index is 2.24. The zero-order chi connectivity index (χ0) is 16.6. The summed E-state index contributed by atoms with van der Waals surface area (Å²) in [4.78, 5) is 31.2. The number of aromatic nitrogens is 3. The minimum atomic E-state index is -0.954. The van der Waals surface area contributed by atoms with Crippen LogP contribution >= 0.6 is 11.8 Å². The zero-order valence-corrected chi connectivity index (χ0v) is 13.5. The lowest BCUT2D eigenvalue weighted by atomic mass is 10.2. The third-order valence-electron chi connectivity index (χ3n) is 3.37. The number of nitrogens with zero attached hydrogens (tertiary/aromatic N) is 2. The molecule has 1 aromatic carbocycles. The number of aryl methyl sites for hydroxylation is 2. The van der Waals surface area contributed by atoms with Gasteiger partial charge in [0.1, 0.15) is 5.52 Å². The van der Waals surface area contributed by atoms with Gasteiger partial charge in [-0.25, -0.2) is 4.98 Å². The molecule has 0 unspecified atom stereocenters. The van der Waals surface area contributed by atoms with E-state index in [0.717, 1.165) is 23.0 Å². The number of thioether (sulfide) groups is 1. The minimum Gasteiger partial charge on any atom is -0.481 e. The standard InChI is InChI=1S/C16H15N3O3S/c1-9-3-5-11(6-4-9)19-15(22)14-12(7-10(2)17-14)18-16(19)23-8-13(20)21/h3-7,17H,8H2,1-2H3,(H,20,21). The van der Waals surface area contributed by atoms with Gasteiger partial charge in [-0.1, -0.05) is 29.5 Å². The van der Waals surface area contributed by atoms with E-state index in [4.69, 9.17) is 5.11 Å². The second kappa shape index (κ2) is 5.92. The molecule has 0 saturated heterocycles. The quantitative estimate of drug-likeness (QED) is 0.567. The number of aliphatic carboxylic acids is 1. The van der Waals surface area contributed by atoms with E-state index in [-0.39, 0.29) is 11.3 Å². The average Bonchev–Trinajstić information content (AvgIpc) is 2.87. The van der Waals surface area contributed by atoms with Crippen molar-refractivity contribution < 1.29 is 9.90 Å². The van der Waals surface area contributed by atoms with Crippen LogP contribution in [0.2, 0.25) is 0 Å². The van der Waals surface area contributed by atoms with Gasteiger partial charge >= 0.3 is 5.97 Å². The van der Waals surface area contributed by atoms with Crippen LogP contribution in [0.1, 0.15) is 11.3 Å². The van der Waals surface area contributed by atoms with Gasteiger partial charge in [0.05, 0.1) is 17.0 Å². The smallest absolute Gasteiger partial charge is 0.313 e. The van der Waals surface area contributed by atoms with Crippen LogP contribution in [0, 0.1) is 13.8 Å². The molecule has 6 nitrogen and oxygen atoms in total. The Morgan fingerprint density at radius 3 is 2.65 bits per heavy atom. The maximum absolute atomic E-state index is 12.8. The third-order valence-corrected chi connectivity index (χ3v) is 4.30. The molecule has 3 rings (SSSR count). The van der Waals surface area contributed by atoms with Gasteiger partial charge in [-0.2, -0.15) is 0 Å². The highest BCUT2D eigenvalue weighted by Gasteiger charge is 2.15. The summed E-state index contributed by atoms with van der Waals surface area (Å²) in [6.07, 6.45) is 0. The lowest BCUT2D eigenvalue weighted by Gasteiger charge is -2.11. The highest BCUT2D eigenvalue weighted by Crippen LogP contribution is 2.21. The molecule has 3 aromatic rings. The molecule has 0 atom stereocenters. The van der Waals surface area contributed by atoms with E-state index in [1.807, 2.05) is 38.1 Å². The fourth-order valence-electron chi connectivity index (χ4n) is 2.32. The normalized spacial score (nSPS) is 11.0. The fourth-order valence-corrected chi connectivity index (χ4v) is 3.05. The van der Waals surface area contributed by atoms with E-state index < -0.39 is 5.97 Å². The maximum Gasteiger partial charge on any atom is 0.313 e.